The third kappa shape index (κ3) is 49.5. The number of nitrogens with zero attached hydrogens (tertiary/aromatic N) is 16. The van der Waals surface area contributed by atoms with Gasteiger partial charge in [0, 0.05) is 229 Å². The van der Waals surface area contributed by atoms with Crippen LogP contribution in [0.25, 0.3) is 0 Å². The first-order valence-corrected chi connectivity index (χ1v) is 44.6. The van der Waals surface area contributed by atoms with Crippen molar-refractivity contribution >= 4 is 119 Å². The molecule has 0 spiro atoms. The first-order chi connectivity index (χ1) is 64.1. The Balaban J connectivity index is 1.82. The molecule has 20 N–H and O–H groups in total. The molecule has 4 saturated heterocycles. The molecule has 0 radical (unpaired) electrons. The number of hydrogen-bond acceptors (Lipinski definition) is 36. The summed E-state index contributed by atoms with van der Waals surface area (Å²) in [6.45, 7) is -5.79. The zero-order valence-corrected chi connectivity index (χ0v) is 77.6. The quantitative estimate of drug-likeness (QED) is 0.0269. The van der Waals surface area contributed by atoms with E-state index < -0.39 is 273 Å². The number of amides is 8. The maximum Gasteiger partial charge on any atom is 0.317 e. The SMILES string of the molecule is CC(C(=O)NCC(=O)NCC(CNC(=O)CNC(=O)C(C)N1CCN(CC(=O)O)CCN(CC(=O)O)CCN(CC(=O)O)CC1)(CNC(=O)CNC(=O)C(C)N1CCN(CC(=O)O)CCN(CC(=O)O)CCN(CC(=O)O)CC1)NC(=O)CNC(=O)C(C)N1CCN(CC(=O)O)CCN(CC(=O)O)CCN(CC(=O)O)CC1)N1CCN(CC(=O)O)CCN(CC(=O)O)CCN(CC(=O)O)CC1. The lowest BCUT2D eigenvalue weighted by Gasteiger charge is -2.36. The average molecular weight is 1950 g/mol. The van der Waals surface area contributed by atoms with Crippen molar-refractivity contribution in [1.29, 1.82) is 0 Å². The predicted molar refractivity (Wildman–Crippen MR) is 475 cm³/mol. The summed E-state index contributed by atoms with van der Waals surface area (Å²) in [6, 6.07) is -4.67. The van der Waals surface area contributed by atoms with Crippen molar-refractivity contribution in [3.8, 4) is 0 Å². The molecule has 0 bridgehead atoms. The third-order valence-electron chi connectivity index (χ3n) is 23.5. The monoisotopic (exact) mass is 1950 g/mol. The fraction of sp³-hybridized carbons (Fsp3) is 0.750. The highest BCUT2D eigenvalue weighted by Gasteiger charge is 2.38. The van der Waals surface area contributed by atoms with Crippen molar-refractivity contribution in [1.82, 2.24) is 121 Å². The summed E-state index contributed by atoms with van der Waals surface area (Å²) < 4.78 is 0. The van der Waals surface area contributed by atoms with Crippen LogP contribution in [-0.2, 0) is 95.9 Å². The standard InChI is InChI=1S/C80H138N24O32/c1-56(101-29-21-93(45-68(117)118)13-5-89(41-64(109)110)6-14-94(22-30-101)46-69(119)120)76(133)81-37-60(105)85-53-80(88-63(108)40-84-79(136)59(4)104-35-27-99(51-74(129)130)19-11-92(44-67(115)116)12-20-100(28-36-104)52-75(131)132,54-86-61(106)38-82-77(134)57(2)102-31-23-95(47-70(121)122)15-7-90(42-65(111)112)8-16-96(24-32-102)48-71(123)124)55-87-62(107)39-83-78(135)58(3)103-33-25-97(49-72(125)126)17-9-91(43-66(113)114)10-18-98(26-34-103)50-73(127)128/h56-59H,5-55H2,1-4H3,(H,81,133)(H,82,134)(H,83,135)(H,84,136)(H,85,105)(H,86,106)(H,87,107)(H,88,108)(H,109,110)(H,111,112)(H,113,114)(H,115,116)(H,117,118)(H,119,120)(H,121,122)(H,123,124)(H,125,126)(H,127,128)(H,129,130)(H,131,132). The molecule has 4 fully saturated rings. The van der Waals surface area contributed by atoms with Crippen LogP contribution in [0.5, 0.6) is 0 Å². The molecule has 0 saturated carbocycles. The second-order valence-electron chi connectivity index (χ2n) is 33.9. The molecule has 0 aromatic rings. The lowest BCUT2D eigenvalue weighted by molar-refractivity contribution is -0.141. The summed E-state index contributed by atoms with van der Waals surface area (Å²) in [7, 11) is 0. The maximum absolute atomic E-state index is 14.9. The van der Waals surface area contributed by atoms with Gasteiger partial charge in [-0.05, 0) is 27.7 Å². The van der Waals surface area contributed by atoms with E-state index >= 15 is 0 Å². The topological polar surface area (TPSA) is 732 Å². The van der Waals surface area contributed by atoms with Crippen LogP contribution in [0.4, 0.5) is 0 Å². The van der Waals surface area contributed by atoms with Crippen LogP contribution in [0, 0.1) is 0 Å². The van der Waals surface area contributed by atoms with Gasteiger partial charge in [0.2, 0.25) is 47.3 Å². The Morgan fingerprint density at radius 3 is 0.434 bits per heavy atom. The second-order valence-corrected chi connectivity index (χ2v) is 33.9. The van der Waals surface area contributed by atoms with Gasteiger partial charge in [-0.3, -0.25) is 174 Å². The smallest absolute Gasteiger partial charge is 0.317 e. The molecule has 4 rings (SSSR count). The van der Waals surface area contributed by atoms with E-state index in [9.17, 15) is 157 Å². The van der Waals surface area contributed by atoms with Gasteiger partial charge >= 0.3 is 71.6 Å². The highest BCUT2D eigenvalue weighted by Crippen LogP contribution is 2.14. The second kappa shape index (κ2) is 61.8. The van der Waals surface area contributed by atoms with E-state index in [1.807, 2.05) is 0 Å². The Hall–Kier alpha value is -11.2. The van der Waals surface area contributed by atoms with Gasteiger partial charge in [0.15, 0.2) is 0 Å². The number of rotatable bonds is 47. The average Bonchev–Trinajstić information content (AvgIpc) is 0.833. The zero-order valence-electron chi connectivity index (χ0n) is 77.6. The zero-order chi connectivity index (χ0) is 101. The van der Waals surface area contributed by atoms with E-state index in [1.165, 1.54) is 86.5 Å². The summed E-state index contributed by atoms with van der Waals surface area (Å²) in [5, 5.41) is 138. The lowest BCUT2D eigenvalue weighted by atomic mass is 9.98. The highest BCUT2D eigenvalue weighted by molar-refractivity contribution is 5.91. The van der Waals surface area contributed by atoms with Gasteiger partial charge in [-0.2, -0.15) is 0 Å². The number of nitrogens with one attached hydrogen (secondary N) is 8. The van der Waals surface area contributed by atoms with E-state index in [2.05, 4.69) is 42.5 Å². The van der Waals surface area contributed by atoms with Crippen molar-refractivity contribution in [3.05, 3.63) is 0 Å². The number of carboxylic acids is 12. The van der Waals surface area contributed by atoms with E-state index in [1.54, 1.807) is 19.6 Å². The first kappa shape index (κ1) is 117. The summed E-state index contributed by atoms with van der Waals surface area (Å²) in [6.07, 6.45) is 0. The molecule has 56 heteroatoms. The molecule has 136 heavy (non-hydrogen) atoms. The molecular formula is C80H138N24O32. The molecule has 0 aromatic heterocycles. The Morgan fingerprint density at radius 1 is 0.191 bits per heavy atom. The van der Waals surface area contributed by atoms with Crippen molar-refractivity contribution in [2.75, 3.05) is 334 Å². The molecule has 4 aliphatic heterocycles. The Morgan fingerprint density at radius 2 is 0.309 bits per heavy atom. The summed E-state index contributed by atoms with van der Waals surface area (Å²) in [5.41, 5.74) is -2.23. The molecule has 4 heterocycles. The number of aliphatic carboxylic acids is 12. The molecule has 4 aliphatic rings. The van der Waals surface area contributed by atoms with Crippen LogP contribution in [0.3, 0.4) is 0 Å². The highest BCUT2D eigenvalue weighted by atomic mass is 16.4. The first-order valence-electron chi connectivity index (χ1n) is 44.6. The third-order valence-corrected chi connectivity index (χ3v) is 23.5. The van der Waals surface area contributed by atoms with Crippen LogP contribution >= 0.6 is 0 Å². The molecule has 56 nitrogen and oxygen atoms in total. The van der Waals surface area contributed by atoms with Crippen molar-refractivity contribution in [2.45, 2.75) is 57.4 Å². The van der Waals surface area contributed by atoms with Gasteiger partial charge in [0.1, 0.15) is 0 Å². The van der Waals surface area contributed by atoms with Gasteiger partial charge < -0.3 is 104 Å². The van der Waals surface area contributed by atoms with Crippen molar-refractivity contribution < 1.29 is 157 Å². The van der Waals surface area contributed by atoms with Gasteiger partial charge in [0.05, 0.1) is 134 Å². The number of hydrogen-bond donors (Lipinski definition) is 20. The maximum atomic E-state index is 14.9. The van der Waals surface area contributed by atoms with Crippen molar-refractivity contribution in [3.63, 3.8) is 0 Å². The van der Waals surface area contributed by atoms with E-state index in [0.29, 0.717) is 0 Å². The molecular weight excluding hydrogens is 1810 g/mol. The fourth-order valence-electron chi connectivity index (χ4n) is 15.5. The minimum Gasteiger partial charge on any atom is -0.480 e. The van der Waals surface area contributed by atoms with Crippen LogP contribution < -0.4 is 42.5 Å². The molecule has 770 valence electrons. The summed E-state index contributed by atoms with van der Waals surface area (Å²) in [5.74, 6) is -22.0. The lowest BCUT2D eigenvalue weighted by Crippen LogP contribution is -2.68. The molecule has 4 atom stereocenters. The normalized spacial score (nSPS) is 19.6. The fourth-order valence-corrected chi connectivity index (χ4v) is 15.5. The minimum absolute atomic E-state index is 0.00995. The summed E-state index contributed by atoms with van der Waals surface area (Å²) in [4.78, 5) is 285. The van der Waals surface area contributed by atoms with Gasteiger partial charge in [0.25, 0.3) is 0 Å². The molecule has 4 unspecified atom stereocenters. The van der Waals surface area contributed by atoms with Crippen LogP contribution in [0.2, 0.25) is 0 Å². The van der Waals surface area contributed by atoms with Gasteiger partial charge in [-0.25, -0.2) is 0 Å². The summed E-state index contributed by atoms with van der Waals surface area (Å²) >= 11 is 0. The Kier molecular flexibility index (Phi) is 53.2. The van der Waals surface area contributed by atoms with Crippen molar-refractivity contribution in [2.24, 2.45) is 0 Å². The number of carboxylic acid groups (broad SMARTS) is 12. The van der Waals surface area contributed by atoms with E-state index in [0.717, 1.165) is 0 Å². The van der Waals surface area contributed by atoms with Gasteiger partial charge in [-0.15, -0.1) is 0 Å². The van der Waals surface area contributed by atoms with Crippen LogP contribution in [0.1, 0.15) is 27.7 Å². The number of carbonyl (C=O) groups is 20. The molecule has 8 amide bonds. The molecule has 0 aromatic carbocycles. The Bertz CT molecular complexity index is 3570. The van der Waals surface area contributed by atoms with Crippen LogP contribution in [0.15, 0.2) is 0 Å². The molecule has 0 aliphatic carbocycles. The van der Waals surface area contributed by atoms with E-state index in [-0.39, 0.29) is 209 Å². The number of carbonyl (C=O) groups excluding carboxylic acids is 8. The Labute approximate surface area is 785 Å². The van der Waals surface area contributed by atoms with E-state index in [4.69, 9.17) is 0 Å². The van der Waals surface area contributed by atoms with Gasteiger partial charge in [-0.1, -0.05) is 0 Å². The predicted octanol–water partition coefficient (Wildman–Crippen LogP) is -13.9. The van der Waals surface area contributed by atoms with Crippen LogP contribution in [-0.4, -0.2) is 622 Å². The largest absolute Gasteiger partial charge is 0.480 e. The minimum atomic E-state index is -2.23.